The molecule has 0 atom stereocenters. The number of hydrogen-bond donors (Lipinski definition) is 0. The minimum Gasteiger partial charge on any atom is -0.396 e. The van der Waals surface area contributed by atoms with Crippen LogP contribution in [0.25, 0.3) is 10.9 Å². The minimum absolute atomic E-state index is 0.0938. The molecule has 6 nitrogen and oxygen atoms in total. The molecule has 1 amide bonds. The lowest BCUT2D eigenvalue weighted by atomic mass is 9.82. The summed E-state index contributed by atoms with van der Waals surface area (Å²) in [4.78, 5) is 28.1. The zero-order chi connectivity index (χ0) is 25.8. The Kier molecular flexibility index (Phi) is 7.91. The number of hydrogen-bond acceptors (Lipinski definition) is 5. The number of piperidine rings is 2. The lowest BCUT2D eigenvalue weighted by Crippen LogP contribution is -2.56. The number of oxime groups is 1. The van der Waals surface area contributed by atoms with Gasteiger partial charge in [-0.05, 0) is 82.4 Å². The highest BCUT2D eigenvalue weighted by Gasteiger charge is 2.39. The van der Waals surface area contributed by atoms with Gasteiger partial charge in [0.1, 0.15) is 6.61 Å². The number of para-hydroxylation sites is 1. The highest BCUT2D eigenvalue weighted by molar-refractivity contribution is 9.10. The third kappa shape index (κ3) is 5.58. The molecule has 37 heavy (non-hydrogen) atoms. The average molecular weight is 564 g/mol. The number of pyridine rings is 1. The van der Waals surface area contributed by atoms with Gasteiger partial charge in [-0.3, -0.25) is 14.7 Å². The van der Waals surface area contributed by atoms with E-state index < -0.39 is 0 Å². The summed E-state index contributed by atoms with van der Waals surface area (Å²) in [5, 5.41) is 5.54. The maximum absolute atomic E-state index is 13.4. The standard InChI is InChI=1S/C30H35BrN4O2/c1-3-37-33-27(23-9-11-25(31)12-10-23)24-13-18-35(19-14-24)30(2)15-20-34(21-16-30)29(36)26-8-4-6-22-7-5-17-32-28(22)26/h4-12,17,24H,3,13-16,18-21H2,1-2H3. The van der Waals surface area contributed by atoms with Crippen LogP contribution in [0.5, 0.6) is 0 Å². The summed E-state index contributed by atoms with van der Waals surface area (Å²) in [7, 11) is 0. The molecule has 7 heteroatoms. The van der Waals surface area contributed by atoms with E-state index in [4.69, 9.17) is 4.84 Å². The first-order valence-corrected chi connectivity index (χ1v) is 14.1. The molecule has 2 saturated heterocycles. The van der Waals surface area contributed by atoms with Gasteiger partial charge in [0.25, 0.3) is 5.91 Å². The van der Waals surface area contributed by atoms with E-state index in [2.05, 4.69) is 62.2 Å². The predicted octanol–water partition coefficient (Wildman–Crippen LogP) is 6.14. The van der Waals surface area contributed by atoms with Crippen molar-refractivity contribution in [2.45, 2.75) is 45.1 Å². The molecule has 0 unspecified atom stereocenters. The van der Waals surface area contributed by atoms with E-state index in [1.807, 2.05) is 42.2 Å². The van der Waals surface area contributed by atoms with E-state index in [1.54, 1.807) is 6.20 Å². The number of rotatable bonds is 6. The molecule has 0 N–H and O–H groups in total. The number of nitrogens with zero attached hydrogens (tertiary/aromatic N) is 4. The zero-order valence-electron chi connectivity index (χ0n) is 21.7. The molecule has 0 spiro atoms. The van der Waals surface area contributed by atoms with Crippen LogP contribution >= 0.6 is 15.9 Å². The van der Waals surface area contributed by atoms with Crippen molar-refractivity contribution < 1.29 is 9.63 Å². The Balaban J connectivity index is 1.21. The summed E-state index contributed by atoms with van der Waals surface area (Å²) < 4.78 is 1.07. The molecule has 194 valence electrons. The molecular weight excluding hydrogens is 528 g/mol. The third-order valence-electron chi connectivity index (χ3n) is 8.07. The van der Waals surface area contributed by atoms with Gasteiger partial charge in [0.2, 0.25) is 0 Å². The van der Waals surface area contributed by atoms with Crippen LogP contribution in [-0.4, -0.2) is 64.7 Å². The minimum atomic E-state index is 0.0938. The van der Waals surface area contributed by atoms with Gasteiger partial charge in [-0.2, -0.15) is 0 Å². The normalized spacial score (nSPS) is 19.2. The summed E-state index contributed by atoms with van der Waals surface area (Å²) in [5.74, 6) is 0.476. The van der Waals surface area contributed by atoms with E-state index in [-0.39, 0.29) is 11.4 Å². The summed E-state index contributed by atoms with van der Waals surface area (Å²) in [6.45, 7) is 8.52. The highest BCUT2D eigenvalue weighted by Crippen LogP contribution is 2.34. The Morgan fingerprint density at radius 3 is 2.46 bits per heavy atom. The second-order valence-electron chi connectivity index (χ2n) is 10.3. The van der Waals surface area contributed by atoms with Crippen LogP contribution in [0, 0.1) is 5.92 Å². The maximum Gasteiger partial charge on any atom is 0.256 e. The number of fused-ring (bicyclic) bond motifs is 1. The Hall–Kier alpha value is -2.77. The first-order chi connectivity index (χ1) is 18.0. The number of carbonyl (C=O) groups is 1. The molecular formula is C30H35BrN4O2. The zero-order valence-corrected chi connectivity index (χ0v) is 23.3. The van der Waals surface area contributed by atoms with Gasteiger partial charge >= 0.3 is 0 Å². The van der Waals surface area contributed by atoms with E-state index >= 15 is 0 Å². The van der Waals surface area contributed by atoms with Crippen molar-refractivity contribution in [1.29, 1.82) is 0 Å². The molecule has 3 heterocycles. The Labute approximate surface area is 227 Å². The Bertz CT molecular complexity index is 1250. The Morgan fingerprint density at radius 1 is 1.05 bits per heavy atom. The molecule has 2 aliphatic rings. The fourth-order valence-electron chi connectivity index (χ4n) is 5.77. The first-order valence-electron chi connectivity index (χ1n) is 13.3. The van der Waals surface area contributed by atoms with Crippen LogP contribution < -0.4 is 0 Å². The van der Waals surface area contributed by atoms with E-state index in [1.165, 1.54) is 0 Å². The van der Waals surface area contributed by atoms with Crippen molar-refractivity contribution in [3.8, 4) is 0 Å². The van der Waals surface area contributed by atoms with Crippen LogP contribution in [0.3, 0.4) is 0 Å². The summed E-state index contributed by atoms with van der Waals surface area (Å²) in [5.41, 5.74) is 3.80. The number of carbonyl (C=O) groups excluding carboxylic acids is 1. The van der Waals surface area contributed by atoms with Crippen molar-refractivity contribution in [3.05, 3.63) is 76.4 Å². The fourth-order valence-corrected chi connectivity index (χ4v) is 6.03. The quantitative estimate of drug-likeness (QED) is 0.267. The third-order valence-corrected chi connectivity index (χ3v) is 8.60. The van der Waals surface area contributed by atoms with Gasteiger partial charge in [0.15, 0.2) is 0 Å². The first kappa shape index (κ1) is 25.9. The lowest BCUT2D eigenvalue weighted by Gasteiger charge is -2.49. The predicted molar refractivity (Wildman–Crippen MR) is 152 cm³/mol. The monoisotopic (exact) mass is 562 g/mol. The topological polar surface area (TPSA) is 58.0 Å². The van der Waals surface area contributed by atoms with Crippen molar-refractivity contribution in [2.24, 2.45) is 11.1 Å². The van der Waals surface area contributed by atoms with Crippen molar-refractivity contribution in [2.75, 3.05) is 32.8 Å². The van der Waals surface area contributed by atoms with Crippen LogP contribution in [0.2, 0.25) is 0 Å². The van der Waals surface area contributed by atoms with Gasteiger partial charge < -0.3 is 9.74 Å². The molecule has 3 aromatic rings. The number of aromatic nitrogens is 1. The fraction of sp³-hybridized carbons (Fsp3) is 0.433. The molecule has 2 aromatic carbocycles. The van der Waals surface area contributed by atoms with Crippen LogP contribution in [0.15, 0.2) is 70.4 Å². The lowest BCUT2D eigenvalue weighted by molar-refractivity contribution is 0.0162. The van der Waals surface area contributed by atoms with Crippen LogP contribution in [-0.2, 0) is 4.84 Å². The Morgan fingerprint density at radius 2 is 1.76 bits per heavy atom. The van der Waals surface area contributed by atoms with E-state index in [0.717, 1.165) is 78.5 Å². The average Bonchev–Trinajstić information content (AvgIpc) is 2.94. The smallest absolute Gasteiger partial charge is 0.256 e. The van der Waals surface area contributed by atoms with Gasteiger partial charge in [0, 0.05) is 40.6 Å². The van der Waals surface area contributed by atoms with Crippen LogP contribution in [0.4, 0.5) is 0 Å². The molecule has 0 bridgehead atoms. The molecule has 2 fully saturated rings. The van der Waals surface area contributed by atoms with Crippen molar-refractivity contribution in [3.63, 3.8) is 0 Å². The SMILES string of the molecule is CCON=C(c1ccc(Br)cc1)C1CCN(C2(C)CCN(C(=O)c3cccc4cccnc34)CC2)CC1. The van der Waals surface area contributed by atoms with Crippen molar-refractivity contribution in [1.82, 2.24) is 14.8 Å². The van der Waals surface area contributed by atoms with Crippen molar-refractivity contribution >= 4 is 38.5 Å². The maximum atomic E-state index is 13.4. The molecule has 1 aromatic heterocycles. The summed E-state index contributed by atoms with van der Waals surface area (Å²) >= 11 is 3.53. The second kappa shape index (κ2) is 11.3. The molecule has 0 saturated carbocycles. The van der Waals surface area contributed by atoms with E-state index in [9.17, 15) is 4.79 Å². The molecule has 0 radical (unpaired) electrons. The van der Waals surface area contributed by atoms with Gasteiger partial charge in [0.05, 0.1) is 16.8 Å². The van der Waals surface area contributed by atoms with Crippen LogP contribution in [0.1, 0.15) is 55.5 Å². The molecule has 0 aliphatic carbocycles. The van der Waals surface area contributed by atoms with Gasteiger partial charge in [-0.1, -0.05) is 51.4 Å². The second-order valence-corrected chi connectivity index (χ2v) is 11.2. The molecule has 5 rings (SSSR count). The van der Waals surface area contributed by atoms with Gasteiger partial charge in [-0.15, -0.1) is 0 Å². The molecule has 2 aliphatic heterocycles. The summed E-state index contributed by atoms with van der Waals surface area (Å²) in [6, 6.07) is 18.2. The number of benzene rings is 2. The largest absolute Gasteiger partial charge is 0.396 e. The number of amides is 1. The summed E-state index contributed by atoms with van der Waals surface area (Å²) in [6.07, 6.45) is 5.84. The highest BCUT2D eigenvalue weighted by atomic mass is 79.9. The number of halogens is 1. The van der Waals surface area contributed by atoms with Gasteiger partial charge in [-0.25, -0.2) is 0 Å². The van der Waals surface area contributed by atoms with E-state index in [0.29, 0.717) is 18.1 Å². The number of likely N-dealkylation sites (tertiary alicyclic amines) is 2.